The van der Waals surface area contributed by atoms with Gasteiger partial charge in [-0.2, -0.15) is 25.3 Å². The predicted octanol–water partition coefficient (Wildman–Crippen LogP) is 8.52. The minimum absolute atomic E-state index is 0.00559. The van der Waals surface area contributed by atoms with Crippen LogP contribution in [0.2, 0.25) is 15.1 Å². The molecule has 2 aliphatic heterocycles. The molecule has 0 fully saturated rings. The van der Waals surface area contributed by atoms with Gasteiger partial charge in [0.05, 0.1) is 37.8 Å². The van der Waals surface area contributed by atoms with E-state index in [0.29, 0.717) is 13.0 Å². The van der Waals surface area contributed by atoms with Gasteiger partial charge in [-0.3, -0.25) is 18.5 Å². The Labute approximate surface area is 399 Å². The van der Waals surface area contributed by atoms with E-state index in [-0.39, 0.29) is 65.9 Å². The van der Waals surface area contributed by atoms with Gasteiger partial charge in [0.1, 0.15) is 4.90 Å². The lowest BCUT2D eigenvalue weighted by atomic mass is 9.78. The average molecular weight is 1040 g/mol. The summed E-state index contributed by atoms with van der Waals surface area (Å²) in [7, 11) is -14.2. The van der Waals surface area contributed by atoms with Gasteiger partial charge in [-0.15, -0.1) is 11.8 Å². The van der Waals surface area contributed by atoms with Crippen molar-refractivity contribution >= 4 is 107 Å². The van der Waals surface area contributed by atoms with Crippen molar-refractivity contribution in [2.45, 2.75) is 119 Å². The topological polar surface area (TPSA) is 242 Å². The van der Waals surface area contributed by atoms with Gasteiger partial charge in [0, 0.05) is 51.9 Å². The largest absolute Gasteiger partial charge is 0.478 e. The molecule has 0 bridgehead atoms. The van der Waals surface area contributed by atoms with Crippen molar-refractivity contribution in [3.8, 4) is 11.5 Å². The Hall–Kier alpha value is -3.11. The first-order chi connectivity index (χ1) is 29.7. The predicted molar refractivity (Wildman–Crippen MR) is 254 cm³/mol. The summed E-state index contributed by atoms with van der Waals surface area (Å²) in [6.07, 6.45) is 3.99. The number of nitrogens with zero attached hydrogens (tertiary/aromatic N) is 1. The van der Waals surface area contributed by atoms with Gasteiger partial charge in [0.15, 0.2) is 16.4 Å². The van der Waals surface area contributed by atoms with Crippen LogP contribution in [0, 0.1) is 5.41 Å². The third-order valence-electron chi connectivity index (χ3n) is 11.6. The van der Waals surface area contributed by atoms with Crippen LogP contribution in [0.3, 0.4) is 0 Å². The Morgan fingerprint density at radius 2 is 1.58 bits per heavy atom. The highest BCUT2D eigenvalue weighted by molar-refractivity contribution is 8.00. The lowest BCUT2D eigenvalue weighted by molar-refractivity contribution is -0.118. The van der Waals surface area contributed by atoms with Gasteiger partial charge in [-0.05, 0) is 72.9 Å². The molecular formula is C43H53Cl3N2O13S4. The number of aromatic carboxylic acids is 1. The zero-order valence-electron chi connectivity index (χ0n) is 37.1. The number of ether oxygens (including phenoxy) is 1. The molecular weight excluding hydrogens is 987 g/mol. The van der Waals surface area contributed by atoms with Gasteiger partial charge in [-0.25, -0.2) is 4.79 Å². The first-order valence-corrected chi connectivity index (χ1v) is 27.1. The number of hydrogen-bond acceptors (Lipinski definition) is 11. The summed E-state index contributed by atoms with van der Waals surface area (Å²) in [5.74, 6) is -6.51. The Morgan fingerprint density at radius 1 is 0.969 bits per heavy atom. The number of anilines is 1. The zero-order chi connectivity index (χ0) is 49.1. The second kappa shape index (κ2) is 19.1. The number of hydrogen-bond donors (Lipinski definition) is 5. The number of amides is 1. The standard InChI is InChI=1S/C43H53Cl3N2O13S4/c1-10-11-12-13-14-47-28(49)19-62-38-33(45)30(31(41(50)51)32(44)34(38)46)29-26-15-24(21(2)17-42(4,5)6)22(3)39(64(55,56)57)36(26)61-37-27(29)16-25-23(20-63(52,53)54)18-43(7,8)48(9)35(25)40(37)65(58,59)60/h15-16,21,23H,3,10-14,17-20H2,1-2,4-9H3,(H,47,49)(H,50,51)(H,52,53,54)(H,55,56,57)(H,58,59,60). The summed E-state index contributed by atoms with van der Waals surface area (Å²) in [5, 5.41) is 11.9. The molecule has 15 nitrogen and oxygen atoms in total. The maximum atomic E-state index is 13.9. The molecule has 0 radical (unpaired) electrons. The molecule has 5 N–H and O–H groups in total. The molecule has 358 valence electrons. The molecule has 2 aliphatic rings. The van der Waals surface area contributed by atoms with Crippen molar-refractivity contribution in [2.24, 2.45) is 5.41 Å². The van der Waals surface area contributed by atoms with Gasteiger partial charge in [-0.1, -0.05) is 95.3 Å². The highest BCUT2D eigenvalue weighted by atomic mass is 35.5. The summed E-state index contributed by atoms with van der Waals surface area (Å²) in [6.45, 7) is 17.3. The van der Waals surface area contributed by atoms with E-state index in [1.54, 1.807) is 20.8 Å². The van der Waals surface area contributed by atoms with Crippen LogP contribution in [0.25, 0.3) is 12.2 Å². The number of fused-ring (bicyclic) bond motifs is 3. The minimum atomic E-state index is -5.50. The smallest absolute Gasteiger partial charge is 0.337 e. The SMILES string of the molecule is C=c1c(C(C)CC(C)(C)C)cc2c(c1S(=O)(=O)O)Oc1c(cc3c(c1S(=O)(=O)O)N(C)C(C)(C)CC3CS(=O)(=O)O)C=2c1c(Cl)c(SCC(=O)NCCCCCC)c(Cl)c(Cl)c1C(=O)O. The second-order valence-electron chi connectivity index (χ2n) is 18.3. The van der Waals surface area contributed by atoms with Crippen LogP contribution in [0.4, 0.5) is 5.69 Å². The van der Waals surface area contributed by atoms with Crippen molar-refractivity contribution < 1.29 is 58.3 Å². The number of benzene rings is 3. The van der Waals surface area contributed by atoms with E-state index < -0.39 is 108 Å². The lowest BCUT2D eigenvalue weighted by Gasteiger charge is -2.47. The Bertz CT molecular complexity index is 2940. The molecule has 65 heavy (non-hydrogen) atoms. The molecule has 0 saturated carbocycles. The quantitative estimate of drug-likeness (QED) is 0.0306. The number of carboxylic acid groups (broad SMARTS) is 1. The molecule has 2 heterocycles. The second-order valence-corrected chi connectivity index (χ2v) is 24.6. The zero-order valence-corrected chi connectivity index (χ0v) is 42.6. The van der Waals surface area contributed by atoms with Crippen LogP contribution < -0.4 is 25.4 Å². The van der Waals surface area contributed by atoms with Crippen molar-refractivity contribution in [1.29, 1.82) is 0 Å². The summed E-state index contributed by atoms with van der Waals surface area (Å²) >= 11 is 21.6. The van der Waals surface area contributed by atoms with Crippen LogP contribution in [-0.2, 0) is 35.1 Å². The molecule has 0 aromatic heterocycles. The lowest BCUT2D eigenvalue weighted by Crippen LogP contribution is -2.48. The van der Waals surface area contributed by atoms with Crippen molar-refractivity contribution in [1.82, 2.24) is 5.32 Å². The van der Waals surface area contributed by atoms with Crippen molar-refractivity contribution in [2.75, 3.05) is 30.0 Å². The van der Waals surface area contributed by atoms with Gasteiger partial charge in [0.2, 0.25) is 5.91 Å². The van der Waals surface area contributed by atoms with Crippen molar-refractivity contribution in [3.63, 3.8) is 0 Å². The number of nitrogens with one attached hydrogen (secondary N) is 1. The van der Waals surface area contributed by atoms with Crippen LogP contribution in [-0.4, -0.2) is 86.5 Å². The summed E-state index contributed by atoms with van der Waals surface area (Å²) in [4.78, 5) is 26.0. The number of unbranched alkanes of at least 4 members (excludes halogenated alkanes) is 3. The fraction of sp³-hybridized carbons (Fsp3) is 0.488. The fourth-order valence-electron chi connectivity index (χ4n) is 8.80. The number of halogens is 3. The summed E-state index contributed by atoms with van der Waals surface area (Å²) < 4.78 is 119. The third-order valence-corrected chi connectivity index (χ3v) is 16.8. The molecule has 2 unspecified atom stereocenters. The first kappa shape index (κ1) is 52.9. The Kier molecular flexibility index (Phi) is 15.5. The third kappa shape index (κ3) is 11.1. The Balaban J connectivity index is 2.08. The van der Waals surface area contributed by atoms with Gasteiger partial charge in [0.25, 0.3) is 30.4 Å². The molecule has 2 atom stereocenters. The maximum absolute atomic E-state index is 13.9. The van der Waals surface area contributed by atoms with Gasteiger partial charge >= 0.3 is 5.97 Å². The molecule has 3 aromatic carbocycles. The number of carbonyl (C=O) groups is 2. The highest BCUT2D eigenvalue weighted by Gasteiger charge is 2.46. The normalized spacial score (nSPS) is 16.6. The van der Waals surface area contributed by atoms with Crippen LogP contribution in [0.15, 0.2) is 26.8 Å². The minimum Gasteiger partial charge on any atom is -0.478 e. The molecule has 0 saturated heterocycles. The van der Waals surface area contributed by atoms with E-state index in [4.69, 9.17) is 39.5 Å². The van der Waals surface area contributed by atoms with Crippen LogP contribution in [0.5, 0.6) is 11.5 Å². The molecule has 3 aromatic rings. The van der Waals surface area contributed by atoms with E-state index in [2.05, 4.69) is 11.9 Å². The van der Waals surface area contributed by atoms with Gasteiger partial charge < -0.3 is 20.1 Å². The van der Waals surface area contributed by atoms with E-state index in [1.165, 1.54) is 24.1 Å². The molecule has 0 spiro atoms. The first-order valence-electron chi connectivity index (χ1n) is 20.5. The summed E-state index contributed by atoms with van der Waals surface area (Å²) in [5.41, 5.74) is -3.42. The van der Waals surface area contributed by atoms with Crippen LogP contribution in [0.1, 0.15) is 131 Å². The number of rotatable bonds is 16. The number of thioether (sulfide) groups is 1. The van der Waals surface area contributed by atoms with E-state index in [0.717, 1.165) is 37.4 Å². The molecule has 5 rings (SSSR count). The maximum Gasteiger partial charge on any atom is 0.337 e. The number of carboxylic acids is 1. The van der Waals surface area contributed by atoms with E-state index in [9.17, 15) is 53.6 Å². The molecule has 0 aliphatic carbocycles. The molecule has 22 heteroatoms. The van der Waals surface area contributed by atoms with Crippen LogP contribution >= 0.6 is 46.6 Å². The fourth-order valence-corrected chi connectivity index (χ4v) is 13.3. The van der Waals surface area contributed by atoms with Crippen molar-refractivity contribution in [3.05, 3.63) is 65.5 Å². The monoisotopic (exact) mass is 1040 g/mol. The average Bonchev–Trinajstić information content (AvgIpc) is 3.13. The van der Waals surface area contributed by atoms with E-state index >= 15 is 0 Å². The highest BCUT2D eigenvalue weighted by Crippen LogP contribution is 2.56. The Morgan fingerprint density at radius 3 is 2.12 bits per heavy atom. The number of carbonyl (C=O) groups excluding carboxylic acids is 1. The van der Waals surface area contributed by atoms with E-state index in [1.807, 2.05) is 27.7 Å². The summed E-state index contributed by atoms with van der Waals surface area (Å²) in [6, 6.07) is 2.74. The molecule has 1 amide bonds.